The molecule has 8 nitrogen and oxygen atoms in total. The SMILES string of the molecule is CC(C)(C)OC(=O)N1CCC(NC(=O)c2ccsc2Nc2ccnc3[nH]ccc23)C1. The number of carbonyl (C=O) groups excluding carboxylic acids is 2. The Labute approximate surface area is 178 Å². The third kappa shape index (κ3) is 4.40. The lowest BCUT2D eigenvalue weighted by molar-refractivity contribution is 0.0290. The molecule has 4 rings (SSSR count). The molecule has 1 atom stereocenters. The Balaban J connectivity index is 1.40. The number of anilines is 2. The fourth-order valence-corrected chi connectivity index (χ4v) is 4.21. The maximum atomic E-state index is 12.9. The summed E-state index contributed by atoms with van der Waals surface area (Å²) in [5.74, 6) is -0.158. The van der Waals surface area contributed by atoms with E-state index in [0.717, 1.165) is 21.7 Å². The molecule has 30 heavy (non-hydrogen) atoms. The zero-order valence-corrected chi connectivity index (χ0v) is 18.0. The number of ether oxygens (including phenoxy) is 1. The number of pyridine rings is 1. The first kappa shape index (κ1) is 20.2. The van der Waals surface area contributed by atoms with Gasteiger partial charge in [0.25, 0.3) is 5.91 Å². The highest BCUT2D eigenvalue weighted by Crippen LogP contribution is 2.30. The quantitative estimate of drug-likeness (QED) is 0.582. The van der Waals surface area contributed by atoms with Crippen LogP contribution in [0.15, 0.2) is 36.0 Å². The average Bonchev–Trinajstić information content (AvgIpc) is 3.41. The largest absolute Gasteiger partial charge is 0.444 e. The summed E-state index contributed by atoms with van der Waals surface area (Å²) in [5.41, 5.74) is 1.72. The van der Waals surface area contributed by atoms with E-state index in [-0.39, 0.29) is 18.0 Å². The van der Waals surface area contributed by atoms with Gasteiger partial charge < -0.3 is 25.3 Å². The number of hydrogen-bond acceptors (Lipinski definition) is 6. The second-order valence-corrected chi connectivity index (χ2v) is 9.19. The molecule has 2 amide bonds. The molecule has 3 aromatic rings. The first-order valence-corrected chi connectivity index (χ1v) is 10.7. The molecular weight excluding hydrogens is 402 g/mol. The number of fused-ring (bicyclic) bond motifs is 1. The van der Waals surface area contributed by atoms with Crippen molar-refractivity contribution >= 4 is 45.1 Å². The summed E-state index contributed by atoms with van der Waals surface area (Å²) in [5, 5.41) is 10.0. The number of rotatable bonds is 4. The maximum absolute atomic E-state index is 12.9. The van der Waals surface area contributed by atoms with Crippen LogP contribution in [0.25, 0.3) is 11.0 Å². The third-order valence-corrected chi connectivity index (χ3v) is 5.62. The number of aromatic nitrogens is 2. The van der Waals surface area contributed by atoms with Crippen molar-refractivity contribution < 1.29 is 14.3 Å². The number of thiophene rings is 1. The van der Waals surface area contributed by atoms with Crippen molar-refractivity contribution in [2.45, 2.75) is 38.8 Å². The molecule has 1 unspecified atom stereocenters. The van der Waals surface area contributed by atoms with Gasteiger partial charge in [0.2, 0.25) is 0 Å². The molecule has 1 aliphatic rings. The Morgan fingerprint density at radius 1 is 1.30 bits per heavy atom. The first-order chi connectivity index (χ1) is 14.3. The number of aromatic amines is 1. The van der Waals surface area contributed by atoms with E-state index in [0.29, 0.717) is 25.1 Å². The Hall–Kier alpha value is -3.07. The molecule has 9 heteroatoms. The molecule has 4 heterocycles. The van der Waals surface area contributed by atoms with Crippen LogP contribution in [0.5, 0.6) is 0 Å². The standard InChI is InChI=1S/C21H25N5O3S/c1-21(2,3)29-20(28)26-10-6-13(12-26)24-18(27)15-7-11-30-19(15)25-16-5-9-23-17-14(16)4-8-22-17/h4-5,7-9,11,13H,6,10,12H2,1-3H3,(H,24,27)(H2,22,23,25). The van der Waals surface area contributed by atoms with E-state index >= 15 is 0 Å². The number of H-pyrrole nitrogens is 1. The Bertz CT molecular complexity index is 1070. The lowest BCUT2D eigenvalue weighted by Gasteiger charge is -2.24. The number of nitrogens with zero attached hydrogens (tertiary/aromatic N) is 2. The van der Waals surface area contributed by atoms with Gasteiger partial charge in [-0.25, -0.2) is 9.78 Å². The Morgan fingerprint density at radius 2 is 2.13 bits per heavy atom. The van der Waals surface area contributed by atoms with E-state index in [1.54, 1.807) is 17.2 Å². The topological polar surface area (TPSA) is 99.3 Å². The normalized spacial score (nSPS) is 16.6. The fraction of sp³-hybridized carbons (Fsp3) is 0.381. The van der Waals surface area contributed by atoms with Crippen LogP contribution in [0.2, 0.25) is 0 Å². The summed E-state index contributed by atoms with van der Waals surface area (Å²) in [6, 6.07) is 5.53. The zero-order valence-electron chi connectivity index (χ0n) is 17.2. The molecule has 0 aromatic carbocycles. The van der Waals surface area contributed by atoms with Crippen molar-refractivity contribution in [3.63, 3.8) is 0 Å². The summed E-state index contributed by atoms with van der Waals surface area (Å²) in [6.07, 6.45) is 3.91. The van der Waals surface area contributed by atoms with Crippen LogP contribution in [0.4, 0.5) is 15.5 Å². The lowest BCUT2D eigenvalue weighted by Crippen LogP contribution is -2.40. The summed E-state index contributed by atoms with van der Waals surface area (Å²) >= 11 is 1.47. The summed E-state index contributed by atoms with van der Waals surface area (Å²) in [6.45, 7) is 6.54. The van der Waals surface area contributed by atoms with Crippen molar-refractivity contribution in [2.75, 3.05) is 18.4 Å². The van der Waals surface area contributed by atoms with Gasteiger partial charge in [0.05, 0.1) is 11.3 Å². The highest BCUT2D eigenvalue weighted by atomic mass is 32.1. The molecule has 0 saturated carbocycles. The predicted molar refractivity (Wildman–Crippen MR) is 117 cm³/mol. The monoisotopic (exact) mass is 427 g/mol. The molecule has 158 valence electrons. The number of hydrogen-bond donors (Lipinski definition) is 3. The Morgan fingerprint density at radius 3 is 2.93 bits per heavy atom. The van der Waals surface area contributed by atoms with Gasteiger partial charge in [0.15, 0.2) is 0 Å². The number of likely N-dealkylation sites (tertiary alicyclic amines) is 1. The number of amides is 2. The van der Waals surface area contributed by atoms with Gasteiger partial charge in [-0.2, -0.15) is 0 Å². The molecule has 0 spiro atoms. The number of carbonyl (C=O) groups is 2. The van der Waals surface area contributed by atoms with E-state index in [4.69, 9.17) is 4.74 Å². The third-order valence-electron chi connectivity index (χ3n) is 4.79. The fourth-order valence-electron chi connectivity index (χ4n) is 3.41. The summed E-state index contributed by atoms with van der Waals surface area (Å²) < 4.78 is 5.42. The summed E-state index contributed by atoms with van der Waals surface area (Å²) in [4.78, 5) is 34.1. The van der Waals surface area contributed by atoms with Crippen LogP contribution in [-0.2, 0) is 4.74 Å². The van der Waals surface area contributed by atoms with Gasteiger partial charge in [0, 0.05) is 36.9 Å². The van der Waals surface area contributed by atoms with E-state index in [1.165, 1.54) is 11.3 Å². The highest BCUT2D eigenvalue weighted by Gasteiger charge is 2.31. The van der Waals surface area contributed by atoms with Crippen LogP contribution in [0.3, 0.4) is 0 Å². The maximum Gasteiger partial charge on any atom is 0.410 e. The molecule has 1 fully saturated rings. The molecule has 1 saturated heterocycles. The van der Waals surface area contributed by atoms with Gasteiger partial charge in [0.1, 0.15) is 16.2 Å². The molecular formula is C21H25N5O3S. The van der Waals surface area contributed by atoms with Crippen molar-refractivity contribution in [2.24, 2.45) is 0 Å². The minimum atomic E-state index is -0.534. The highest BCUT2D eigenvalue weighted by molar-refractivity contribution is 7.14. The van der Waals surface area contributed by atoms with Crippen molar-refractivity contribution in [3.8, 4) is 0 Å². The van der Waals surface area contributed by atoms with E-state index in [1.807, 2.05) is 44.5 Å². The zero-order chi connectivity index (χ0) is 21.3. The molecule has 3 N–H and O–H groups in total. The van der Waals surface area contributed by atoms with Gasteiger partial charge in [-0.05, 0) is 50.8 Å². The average molecular weight is 428 g/mol. The number of nitrogens with one attached hydrogen (secondary N) is 3. The van der Waals surface area contributed by atoms with Crippen LogP contribution in [-0.4, -0.2) is 51.6 Å². The van der Waals surface area contributed by atoms with E-state index in [9.17, 15) is 9.59 Å². The lowest BCUT2D eigenvalue weighted by atomic mass is 10.2. The minimum absolute atomic E-state index is 0.102. The molecule has 0 aliphatic carbocycles. The van der Waals surface area contributed by atoms with Crippen LogP contribution < -0.4 is 10.6 Å². The van der Waals surface area contributed by atoms with Gasteiger partial charge in [-0.15, -0.1) is 11.3 Å². The molecule has 3 aromatic heterocycles. The molecule has 0 radical (unpaired) electrons. The van der Waals surface area contributed by atoms with Crippen molar-refractivity contribution in [1.82, 2.24) is 20.2 Å². The van der Waals surface area contributed by atoms with E-state index < -0.39 is 5.60 Å². The van der Waals surface area contributed by atoms with Crippen molar-refractivity contribution in [3.05, 3.63) is 41.5 Å². The van der Waals surface area contributed by atoms with Gasteiger partial charge in [-0.1, -0.05) is 0 Å². The first-order valence-electron chi connectivity index (χ1n) is 9.85. The van der Waals surface area contributed by atoms with Crippen LogP contribution in [0, 0.1) is 0 Å². The van der Waals surface area contributed by atoms with Gasteiger partial charge >= 0.3 is 6.09 Å². The van der Waals surface area contributed by atoms with E-state index in [2.05, 4.69) is 20.6 Å². The molecule has 1 aliphatic heterocycles. The Kier molecular flexibility index (Phi) is 5.38. The summed E-state index contributed by atoms with van der Waals surface area (Å²) in [7, 11) is 0. The smallest absolute Gasteiger partial charge is 0.410 e. The van der Waals surface area contributed by atoms with Gasteiger partial charge in [-0.3, -0.25) is 4.79 Å². The van der Waals surface area contributed by atoms with Crippen LogP contribution >= 0.6 is 11.3 Å². The minimum Gasteiger partial charge on any atom is -0.444 e. The van der Waals surface area contributed by atoms with Crippen LogP contribution in [0.1, 0.15) is 37.6 Å². The molecule has 0 bridgehead atoms. The van der Waals surface area contributed by atoms with Crippen molar-refractivity contribution in [1.29, 1.82) is 0 Å². The second kappa shape index (κ2) is 7.98. The predicted octanol–water partition coefficient (Wildman–Crippen LogP) is 4.11. The second-order valence-electron chi connectivity index (χ2n) is 8.27.